The Balaban J connectivity index is 2.12. The third kappa shape index (κ3) is 3.40. The molecule has 0 aliphatic rings. The van der Waals surface area contributed by atoms with E-state index in [9.17, 15) is 0 Å². The highest BCUT2D eigenvalue weighted by molar-refractivity contribution is 9.10. The van der Waals surface area contributed by atoms with Crippen molar-refractivity contribution in [2.45, 2.75) is 19.4 Å². The van der Waals surface area contributed by atoms with Crippen LogP contribution in [0, 0.1) is 0 Å². The van der Waals surface area contributed by atoms with Gasteiger partial charge < -0.3 is 5.32 Å². The van der Waals surface area contributed by atoms with E-state index in [1.54, 1.807) is 11.3 Å². The summed E-state index contributed by atoms with van der Waals surface area (Å²) in [5.41, 5.74) is 1.11. The van der Waals surface area contributed by atoms with Crippen LogP contribution in [0.25, 0.3) is 0 Å². The molecule has 0 saturated carbocycles. The average molecular weight is 314 g/mol. The van der Waals surface area contributed by atoms with E-state index in [1.807, 2.05) is 17.9 Å². The monoisotopic (exact) mass is 313 g/mol. The fourth-order valence-corrected chi connectivity index (χ4v) is 3.31. The van der Waals surface area contributed by atoms with Crippen molar-refractivity contribution in [1.29, 1.82) is 0 Å². The Labute approximate surface area is 114 Å². The van der Waals surface area contributed by atoms with Crippen LogP contribution in [0.5, 0.6) is 0 Å². The second-order valence-corrected chi connectivity index (χ2v) is 5.87. The van der Waals surface area contributed by atoms with Crippen LogP contribution in [0.1, 0.15) is 23.5 Å². The number of hydrogen-bond donors (Lipinski definition) is 1. The van der Waals surface area contributed by atoms with Crippen molar-refractivity contribution in [3.05, 3.63) is 38.8 Å². The van der Waals surface area contributed by atoms with Crippen molar-refractivity contribution < 1.29 is 0 Å². The quantitative estimate of drug-likeness (QED) is 0.919. The van der Waals surface area contributed by atoms with Crippen molar-refractivity contribution in [2.75, 3.05) is 6.54 Å². The Bertz CT molecular complexity index is 478. The van der Waals surface area contributed by atoms with Gasteiger partial charge in [0.1, 0.15) is 0 Å². The Hall–Kier alpha value is -0.650. The van der Waals surface area contributed by atoms with Crippen LogP contribution in [0.3, 0.4) is 0 Å². The molecule has 1 unspecified atom stereocenters. The number of aromatic nitrogens is 2. The molecule has 1 N–H and O–H groups in total. The van der Waals surface area contributed by atoms with Crippen molar-refractivity contribution >= 4 is 27.3 Å². The molecule has 3 nitrogen and oxygen atoms in total. The lowest BCUT2D eigenvalue weighted by molar-refractivity contribution is 0.531. The summed E-state index contributed by atoms with van der Waals surface area (Å²) in [6.07, 6.45) is 2.98. The van der Waals surface area contributed by atoms with Gasteiger partial charge in [-0.2, -0.15) is 5.10 Å². The molecule has 1 atom stereocenters. The first kappa shape index (κ1) is 12.8. The molecule has 0 spiro atoms. The zero-order valence-corrected chi connectivity index (χ0v) is 12.4. The number of nitrogens with zero attached hydrogens (tertiary/aromatic N) is 2. The van der Waals surface area contributed by atoms with E-state index in [-0.39, 0.29) is 0 Å². The zero-order valence-electron chi connectivity index (χ0n) is 9.98. The summed E-state index contributed by atoms with van der Waals surface area (Å²) in [5.74, 6) is 0. The van der Waals surface area contributed by atoms with E-state index in [0.717, 1.165) is 23.1 Å². The summed E-state index contributed by atoms with van der Waals surface area (Å²) < 4.78 is 3.01. The third-order valence-corrected chi connectivity index (χ3v) is 4.29. The molecule has 0 aliphatic heterocycles. The van der Waals surface area contributed by atoms with Gasteiger partial charge in [0.05, 0.1) is 11.7 Å². The highest BCUT2D eigenvalue weighted by Crippen LogP contribution is 2.24. The first-order chi connectivity index (χ1) is 8.19. The van der Waals surface area contributed by atoms with Crippen LogP contribution in [0.2, 0.25) is 0 Å². The minimum Gasteiger partial charge on any atom is -0.309 e. The zero-order chi connectivity index (χ0) is 12.3. The molecule has 2 aromatic rings. The van der Waals surface area contributed by atoms with E-state index in [1.165, 1.54) is 4.88 Å². The molecule has 5 heteroatoms. The lowest BCUT2D eigenvalue weighted by Crippen LogP contribution is -2.23. The maximum atomic E-state index is 4.48. The standard InChI is InChI=1S/C12H16BrN3S/c1-3-14-12(11-4-5-16(2)15-11)7-10-6-9(13)8-17-10/h4-6,8,12,14H,3,7H2,1-2H3. The molecule has 17 heavy (non-hydrogen) atoms. The second kappa shape index (κ2) is 5.80. The van der Waals surface area contributed by atoms with Gasteiger partial charge in [0, 0.05) is 34.4 Å². The molecule has 0 amide bonds. The third-order valence-electron chi connectivity index (χ3n) is 2.57. The predicted octanol–water partition coefficient (Wildman–Crippen LogP) is 3.14. The fourth-order valence-electron chi connectivity index (χ4n) is 1.81. The Morgan fingerprint density at radius 1 is 1.59 bits per heavy atom. The van der Waals surface area contributed by atoms with Crippen LogP contribution in [-0.2, 0) is 13.5 Å². The summed E-state index contributed by atoms with van der Waals surface area (Å²) >= 11 is 5.28. The molecule has 0 bridgehead atoms. The maximum Gasteiger partial charge on any atom is 0.0797 e. The molecule has 0 aromatic carbocycles. The number of thiophene rings is 1. The Kier molecular flexibility index (Phi) is 4.36. The van der Waals surface area contributed by atoms with Gasteiger partial charge in [-0.05, 0) is 34.6 Å². The van der Waals surface area contributed by atoms with Gasteiger partial charge in [-0.1, -0.05) is 6.92 Å². The van der Waals surface area contributed by atoms with E-state index in [0.29, 0.717) is 6.04 Å². The van der Waals surface area contributed by atoms with Gasteiger partial charge in [0.2, 0.25) is 0 Å². The van der Waals surface area contributed by atoms with Gasteiger partial charge in [-0.3, -0.25) is 4.68 Å². The minimum absolute atomic E-state index is 0.298. The van der Waals surface area contributed by atoms with Crippen LogP contribution >= 0.6 is 27.3 Å². The summed E-state index contributed by atoms with van der Waals surface area (Å²) in [6.45, 7) is 3.08. The molecular formula is C12H16BrN3S. The van der Waals surface area contributed by atoms with Crippen molar-refractivity contribution in [3.8, 4) is 0 Å². The largest absolute Gasteiger partial charge is 0.309 e. The first-order valence-electron chi connectivity index (χ1n) is 5.65. The number of rotatable bonds is 5. The van der Waals surface area contributed by atoms with Gasteiger partial charge in [-0.25, -0.2) is 0 Å². The fraction of sp³-hybridized carbons (Fsp3) is 0.417. The smallest absolute Gasteiger partial charge is 0.0797 e. The molecular weight excluding hydrogens is 298 g/mol. The van der Waals surface area contributed by atoms with Crippen molar-refractivity contribution in [3.63, 3.8) is 0 Å². The summed E-state index contributed by atoms with van der Waals surface area (Å²) in [7, 11) is 1.95. The lowest BCUT2D eigenvalue weighted by Gasteiger charge is -2.14. The van der Waals surface area contributed by atoms with Crippen LogP contribution in [-0.4, -0.2) is 16.3 Å². The Morgan fingerprint density at radius 2 is 2.41 bits per heavy atom. The number of likely N-dealkylation sites (N-methyl/N-ethyl adjacent to an activating group) is 1. The summed E-state index contributed by atoms with van der Waals surface area (Å²) in [4.78, 5) is 1.37. The first-order valence-corrected chi connectivity index (χ1v) is 7.32. The van der Waals surface area contributed by atoms with Crippen LogP contribution < -0.4 is 5.32 Å². The normalized spacial score (nSPS) is 12.9. The number of aryl methyl sites for hydroxylation is 1. The molecule has 0 saturated heterocycles. The highest BCUT2D eigenvalue weighted by atomic mass is 79.9. The van der Waals surface area contributed by atoms with Gasteiger partial charge >= 0.3 is 0 Å². The van der Waals surface area contributed by atoms with Gasteiger partial charge in [-0.15, -0.1) is 11.3 Å². The molecule has 0 aliphatic carbocycles. The number of hydrogen-bond acceptors (Lipinski definition) is 3. The molecule has 0 radical (unpaired) electrons. The second-order valence-electron chi connectivity index (χ2n) is 3.96. The van der Waals surface area contributed by atoms with Gasteiger partial charge in [0.15, 0.2) is 0 Å². The molecule has 2 heterocycles. The molecule has 0 fully saturated rings. The van der Waals surface area contributed by atoms with Gasteiger partial charge in [0.25, 0.3) is 0 Å². The minimum atomic E-state index is 0.298. The van der Waals surface area contributed by atoms with E-state index >= 15 is 0 Å². The van der Waals surface area contributed by atoms with Crippen molar-refractivity contribution in [1.82, 2.24) is 15.1 Å². The van der Waals surface area contributed by atoms with Crippen LogP contribution in [0.15, 0.2) is 28.2 Å². The van der Waals surface area contributed by atoms with E-state index < -0.39 is 0 Å². The maximum absolute atomic E-state index is 4.48. The predicted molar refractivity (Wildman–Crippen MR) is 75.3 cm³/mol. The van der Waals surface area contributed by atoms with E-state index in [4.69, 9.17) is 0 Å². The van der Waals surface area contributed by atoms with E-state index in [2.05, 4.69) is 50.8 Å². The summed E-state index contributed by atoms with van der Waals surface area (Å²) in [5, 5.41) is 10.1. The SMILES string of the molecule is CCNC(Cc1cc(Br)cs1)c1ccn(C)n1. The number of halogens is 1. The summed E-state index contributed by atoms with van der Waals surface area (Å²) in [6, 6.07) is 4.56. The molecule has 92 valence electrons. The number of nitrogens with one attached hydrogen (secondary N) is 1. The van der Waals surface area contributed by atoms with Crippen molar-refractivity contribution in [2.24, 2.45) is 7.05 Å². The molecule has 2 aromatic heterocycles. The Morgan fingerprint density at radius 3 is 2.94 bits per heavy atom. The molecule has 2 rings (SSSR count). The lowest BCUT2D eigenvalue weighted by atomic mass is 10.1. The van der Waals surface area contributed by atoms with Crippen LogP contribution in [0.4, 0.5) is 0 Å². The average Bonchev–Trinajstić information content (AvgIpc) is 2.87. The highest BCUT2D eigenvalue weighted by Gasteiger charge is 2.14. The topological polar surface area (TPSA) is 29.9 Å².